The van der Waals surface area contributed by atoms with Crippen LogP contribution in [0.1, 0.15) is 38.8 Å². The van der Waals surface area contributed by atoms with Crippen LogP contribution in [0.5, 0.6) is 0 Å². The van der Waals surface area contributed by atoms with Gasteiger partial charge in [0.15, 0.2) is 0 Å². The summed E-state index contributed by atoms with van der Waals surface area (Å²) in [7, 11) is 0. The number of carbonyl (C=O) groups excluding carboxylic acids is 1. The molecule has 0 radical (unpaired) electrons. The minimum Gasteiger partial charge on any atom is -0.478 e. The highest BCUT2D eigenvalue weighted by molar-refractivity contribution is 6.05. The number of hydrogen-bond donors (Lipinski definition) is 2. The van der Waals surface area contributed by atoms with Gasteiger partial charge in [-0.05, 0) is 48.7 Å². The molecule has 4 nitrogen and oxygen atoms in total. The number of nitrogens with one attached hydrogen (secondary N) is 1. The van der Waals surface area contributed by atoms with Gasteiger partial charge in [0, 0.05) is 11.3 Å². The van der Waals surface area contributed by atoms with Gasteiger partial charge in [0.25, 0.3) is 5.91 Å². The number of hydrogen-bond acceptors (Lipinski definition) is 2. The molecular formula is C17H17NO3. The molecule has 0 aliphatic carbocycles. The third-order valence-corrected chi connectivity index (χ3v) is 3.44. The molecule has 0 spiro atoms. The topological polar surface area (TPSA) is 66.4 Å². The van der Waals surface area contributed by atoms with Crippen molar-refractivity contribution >= 4 is 17.6 Å². The first-order valence-electron chi connectivity index (χ1n) is 6.76. The lowest BCUT2D eigenvalue weighted by Gasteiger charge is -2.10. The van der Waals surface area contributed by atoms with E-state index in [0.29, 0.717) is 16.8 Å². The fourth-order valence-corrected chi connectivity index (χ4v) is 2.09. The molecule has 0 saturated carbocycles. The average Bonchev–Trinajstić information content (AvgIpc) is 2.49. The summed E-state index contributed by atoms with van der Waals surface area (Å²) in [5.41, 5.74) is 2.96. The van der Waals surface area contributed by atoms with E-state index in [0.717, 1.165) is 12.0 Å². The van der Waals surface area contributed by atoms with Gasteiger partial charge in [-0.3, -0.25) is 4.79 Å². The fourth-order valence-electron chi connectivity index (χ4n) is 2.09. The van der Waals surface area contributed by atoms with E-state index < -0.39 is 5.97 Å². The van der Waals surface area contributed by atoms with Gasteiger partial charge in [-0.1, -0.05) is 25.1 Å². The number of anilines is 1. The summed E-state index contributed by atoms with van der Waals surface area (Å²) in [4.78, 5) is 23.3. The highest BCUT2D eigenvalue weighted by atomic mass is 16.4. The van der Waals surface area contributed by atoms with Crippen molar-refractivity contribution in [2.45, 2.75) is 20.3 Å². The second kappa shape index (κ2) is 6.22. The molecule has 1 amide bonds. The number of carbonyl (C=O) groups is 2. The van der Waals surface area contributed by atoms with Crippen LogP contribution in [0.25, 0.3) is 0 Å². The molecule has 0 bridgehead atoms. The molecule has 2 aromatic rings. The van der Waals surface area contributed by atoms with Crippen LogP contribution in [0.2, 0.25) is 0 Å². The van der Waals surface area contributed by atoms with Gasteiger partial charge in [0.1, 0.15) is 0 Å². The minimum absolute atomic E-state index is 0.189. The molecule has 0 aliphatic heterocycles. The SMILES string of the molecule is CCc1ccc(C(=O)Nc2cccc(C(=O)O)c2C)cc1. The van der Waals surface area contributed by atoms with Gasteiger partial charge in [0.2, 0.25) is 0 Å². The van der Waals surface area contributed by atoms with E-state index in [1.54, 1.807) is 31.2 Å². The molecule has 2 rings (SSSR count). The molecule has 108 valence electrons. The van der Waals surface area contributed by atoms with Gasteiger partial charge in [-0.15, -0.1) is 0 Å². The molecule has 2 aromatic carbocycles. The first-order chi connectivity index (χ1) is 10.0. The van der Waals surface area contributed by atoms with E-state index in [2.05, 4.69) is 12.2 Å². The Kier molecular flexibility index (Phi) is 4.38. The number of amides is 1. The Balaban J connectivity index is 2.23. The van der Waals surface area contributed by atoms with Gasteiger partial charge in [0.05, 0.1) is 5.56 Å². The highest BCUT2D eigenvalue weighted by Crippen LogP contribution is 2.20. The van der Waals surface area contributed by atoms with E-state index in [9.17, 15) is 9.59 Å². The van der Waals surface area contributed by atoms with Crippen molar-refractivity contribution in [2.24, 2.45) is 0 Å². The summed E-state index contributed by atoms with van der Waals surface area (Å²) >= 11 is 0. The van der Waals surface area contributed by atoms with Crippen molar-refractivity contribution in [1.29, 1.82) is 0 Å². The second-order valence-electron chi connectivity index (χ2n) is 4.79. The molecule has 0 fully saturated rings. The molecule has 2 N–H and O–H groups in total. The van der Waals surface area contributed by atoms with Gasteiger partial charge >= 0.3 is 5.97 Å². The summed E-state index contributed by atoms with van der Waals surface area (Å²) in [5, 5.41) is 11.8. The van der Waals surface area contributed by atoms with Crippen LogP contribution >= 0.6 is 0 Å². The zero-order valence-corrected chi connectivity index (χ0v) is 12.0. The van der Waals surface area contributed by atoms with Crippen molar-refractivity contribution in [3.8, 4) is 0 Å². The first kappa shape index (κ1) is 14.8. The van der Waals surface area contributed by atoms with E-state index in [4.69, 9.17) is 5.11 Å². The summed E-state index contributed by atoms with van der Waals surface area (Å²) in [6, 6.07) is 12.2. The summed E-state index contributed by atoms with van der Waals surface area (Å²) < 4.78 is 0. The number of benzene rings is 2. The molecule has 21 heavy (non-hydrogen) atoms. The van der Waals surface area contributed by atoms with E-state index in [1.165, 1.54) is 6.07 Å². The molecule has 0 heterocycles. The maximum atomic E-state index is 12.2. The van der Waals surface area contributed by atoms with Crippen LogP contribution in [-0.4, -0.2) is 17.0 Å². The summed E-state index contributed by atoms with van der Waals surface area (Å²) in [5.74, 6) is -1.25. The lowest BCUT2D eigenvalue weighted by atomic mass is 10.1. The Labute approximate surface area is 123 Å². The number of rotatable bonds is 4. The van der Waals surface area contributed by atoms with Gasteiger partial charge < -0.3 is 10.4 Å². The zero-order chi connectivity index (χ0) is 15.4. The molecule has 0 aromatic heterocycles. The van der Waals surface area contributed by atoms with Crippen LogP contribution in [-0.2, 0) is 6.42 Å². The normalized spacial score (nSPS) is 10.2. The third kappa shape index (κ3) is 3.28. The Morgan fingerprint density at radius 3 is 2.33 bits per heavy atom. The predicted octanol–water partition coefficient (Wildman–Crippen LogP) is 3.51. The number of aromatic carboxylic acids is 1. The van der Waals surface area contributed by atoms with Crippen LogP contribution in [0, 0.1) is 6.92 Å². The fraction of sp³-hybridized carbons (Fsp3) is 0.176. The smallest absolute Gasteiger partial charge is 0.336 e. The van der Waals surface area contributed by atoms with E-state index in [1.807, 2.05) is 12.1 Å². The monoisotopic (exact) mass is 283 g/mol. The third-order valence-electron chi connectivity index (χ3n) is 3.44. The molecule has 0 saturated heterocycles. The summed E-state index contributed by atoms with van der Waals surface area (Å²) in [6.07, 6.45) is 0.918. The van der Waals surface area contributed by atoms with Gasteiger partial charge in [-0.2, -0.15) is 0 Å². The van der Waals surface area contributed by atoms with Crippen LogP contribution in [0.3, 0.4) is 0 Å². The van der Waals surface area contributed by atoms with Crippen molar-refractivity contribution < 1.29 is 14.7 Å². The Bertz CT molecular complexity index is 675. The predicted molar refractivity (Wildman–Crippen MR) is 81.9 cm³/mol. The van der Waals surface area contributed by atoms with Crippen molar-refractivity contribution in [2.75, 3.05) is 5.32 Å². The number of carboxylic acid groups (broad SMARTS) is 1. The summed E-state index contributed by atoms with van der Waals surface area (Å²) in [6.45, 7) is 3.73. The number of carboxylic acids is 1. The largest absolute Gasteiger partial charge is 0.478 e. The maximum absolute atomic E-state index is 12.2. The van der Waals surface area contributed by atoms with Crippen molar-refractivity contribution in [3.05, 3.63) is 64.7 Å². The molecule has 0 unspecified atom stereocenters. The minimum atomic E-state index is -1.00. The lowest BCUT2D eigenvalue weighted by molar-refractivity contribution is 0.0695. The highest BCUT2D eigenvalue weighted by Gasteiger charge is 2.12. The lowest BCUT2D eigenvalue weighted by Crippen LogP contribution is -2.14. The molecule has 0 aliphatic rings. The average molecular weight is 283 g/mol. The standard InChI is InChI=1S/C17H17NO3/c1-3-12-7-9-13(10-8-12)16(19)18-15-6-4-5-14(11(15)2)17(20)21/h4-10H,3H2,1-2H3,(H,18,19)(H,20,21). The number of aryl methyl sites for hydroxylation is 1. The second-order valence-corrected chi connectivity index (χ2v) is 4.79. The van der Waals surface area contributed by atoms with Crippen LogP contribution < -0.4 is 5.32 Å². The zero-order valence-electron chi connectivity index (χ0n) is 12.0. The van der Waals surface area contributed by atoms with E-state index >= 15 is 0 Å². The van der Waals surface area contributed by atoms with Gasteiger partial charge in [-0.25, -0.2) is 4.79 Å². The van der Waals surface area contributed by atoms with Crippen LogP contribution in [0.15, 0.2) is 42.5 Å². The Morgan fingerprint density at radius 1 is 1.10 bits per heavy atom. The maximum Gasteiger partial charge on any atom is 0.336 e. The molecular weight excluding hydrogens is 266 g/mol. The van der Waals surface area contributed by atoms with Crippen molar-refractivity contribution in [3.63, 3.8) is 0 Å². The Hall–Kier alpha value is -2.62. The molecule has 4 heteroatoms. The van der Waals surface area contributed by atoms with E-state index in [-0.39, 0.29) is 11.5 Å². The quantitative estimate of drug-likeness (QED) is 0.902. The van der Waals surface area contributed by atoms with Crippen LogP contribution in [0.4, 0.5) is 5.69 Å². The molecule has 0 atom stereocenters. The Morgan fingerprint density at radius 2 is 1.76 bits per heavy atom. The first-order valence-corrected chi connectivity index (χ1v) is 6.76. The van der Waals surface area contributed by atoms with Crippen molar-refractivity contribution in [1.82, 2.24) is 0 Å².